The number of hydrogen-bond acceptors (Lipinski definition) is 5. The summed E-state index contributed by atoms with van der Waals surface area (Å²) < 4.78 is 43.2. The predicted molar refractivity (Wildman–Crippen MR) is 102 cm³/mol. The third kappa shape index (κ3) is 3.92. The molecule has 1 aliphatic heterocycles. The van der Waals surface area contributed by atoms with Gasteiger partial charge in [-0.05, 0) is 32.3 Å². The molecule has 1 aromatic rings. The lowest BCUT2D eigenvalue weighted by Gasteiger charge is -2.31. The van der Waals surface area contributed by atoms with E-state index in [0.29, 0.717) is 24.8 Å². The highest BCUT2D eigenvalue weighted by atomic mass is 32.2. The average molecular weight is 411 g/mol. The highest BCUT2D eigenvalue weighted by Crippen LogP contribution is 2.43. The maximum atomic E-state index is 14.4. The summed E-state index contributed by atoms with van der Waals surface area (Å²) in [7, 11) is -1.60. The smallest absolute Gasteiger partial charge is 0.317 e. The lowest BCUT2D eigenvalue weighted by molar-refractivity contribution is -0.164. The Morgan fingerprint density at radius 3 is 2.46 bits per heavy atom. The Morgan fingerprint density at radius 2 is 1.89 bits per heavy atom. The molecule has 0 aromatic heterocycles. The number of ether oxygens (including phenoxy) is 1. The number of sulfone groups is 1. The van der Waals surface area contributed by atoms with Gasteiger partial charge in [0.05, 0.1) is 16.9 Å². The van der Waals surface area contributed by atoms with Crippen molar-refractivity contribution in [3.8, 4) is 0 Å². The normalized spacial score (nSPS) is 23.9. The zero-order chi connectivity index (χ0) is 20.5. The van der Waals surface area contributed by atoms with E-state index in [-0.39, 0.29) is 11.5 Å². The first-order chi connectivity index (χ1) is 13.2. The van der Waals surface area contributed by atoms with E-state index < -0.39 is 45.1 Å². The first-order valence-electron chi connectivity index (χ1n) is 9.59. The molecular weight excluding hydrogens is 385 g/mol. The molecule has 0 spiro atoms. The van der Waals surface area contributed by atoms with Crippen molar-refractivity contribution in [2.45, 2.75) is 56.6 Å². The van der Waals surface area contributed by atoms with E-state index in [1.807, 2.05) is 0 Å². The molecular formula is C20H26FNO5S. The summed E-state index contributed by atoms with van der Waals surface area (Å²) in [4.78, 5) is 27.1. The summed E-state index contributed by atoms with van der Waals surface area (Å²) in [6.07, 6.45) is 1.83. The second-order valence-corrected chi connectivity index (χ2v) is 10.1. The molecule has 0 bridgehead atoms. The molecule has 2 aliphatic rings. The third-order valence-electron chi connectivity index (χ3n) is 5.97. The molecule has 1 amide bonds. The molecule has 2 fully saturated rings. The molecule has 0 radical (unpaired) electrons. The number of amides is 1. The highest BCUT2D eigenvalue weighted by molar-refractivity contribution is 7.91. The molecule has 6 nitrogen and oxygen atoms in total. The van der Waals surface area contributed by atoms with Crippen LogP contribution in [0.1, 0.15) is 44.6 Å². The molecule has 1 saturated heterocycles. The van der Waals surface area contributed by atoms with Gasteiger partial charge in [-0.1, -0.05) is 31.0 Å². The first kappa shape index (κ1) is 20.8. The van der Waals surface area contributed by atoms with E-state index in [4.69, 9.17) is 4.74 Å². The monoisotopic (exact) mass is 411 g/mol. The van der Waals surface area contributed by atoms with Crippen molar-refractivity contribution in [3.05, 3.63) is 35.6 Å². The van der Waals surface area contributed by atoms with Crippen LogP contribution in [0.2, 0.25) is 0 Å². The van der Waals surface area contributed by atoms with Crippen molar-refractivity contribution in [1.29, 1.82) is 0 Å². The third-order valence-corrected chi connectivity index (χ3v) is 7.72. The van der Waals surface area contributed by atoms with Gasteiger partial charge in [-0.2, -0.15) is 0 Å². The Balaban J connectivity index is 1.73. The largest absolute Gasteiger partial charge is 0.452 e. The molecule has 1 saturated carbocycles. The maximum absolute atomic E-state index is 14.4. The van der Waals surface area contributed by atoms with Gasteiger partial charge in [0.1, 0.15) is 5.82 Å². The van der Waals surface area contributed by atoms with Crippen molar-refractivity contribution < 1.29 is 27.1 Å². The van der Waals surface area contributed by atoms with Gasteiger partial charge < -0.3 is 9.64 Å². The van der Waals surface area contributed by atoms with E-state index in [1.54, 1.807) is 18.2 Å². The van der Waals surface area contributed by atoms with E-state index in [1.165, 1.54) is 24.9 Å². The van der Waals surface area contributed by atoms with E-state index in [2.05, 4.69) is 0 Å². The molecule has 1 aliphatic carbocycles. The van der Waals surface area contributed by atoms with Crippen LogP contribution in [-0.4, -0.2) is 55.9 Å². The van der Waals surface area contributed by atoms with Gasteiger partial charge in [0.2, 0.25) is 0 Å². The minimum atomic E-state index is -3.13. The minimum Gasteiger partial charge on any atom is -0.452 e. The van der Waals surface area contributed by atoms with Crippen LogP contribution < -0.4 is 0 Å². The number of carbonyl (C=O) groups excluding carboxylic acids is 2. The Labute approximate surface area is 165 Å². The quantitative estimate of drug-likeness (QED) is 0.694. The van der Waals surface area contributed by atoms with Gasteiger partial charge in [-0.15, -0.1) is 0 Å². The van der Waals surface area contributed by atoms with Gasteiger partial charge in [0.25, 0.3) is 5.91 Å². The van der Waals surface area contributed by atoms with Crippen LogP contribution in [0.15, 0.2) is 24.3 Å². The van der Waals surface area contributed by atoms with E-state index in [9.17, 15) is 22.4 Å². The van der Waals surface area contributed by atoms with E-state index in [0.717, 1.165) is 12.8 Å². The fourth-order valence-corrected chi connectivity index (χ4v) is 6.06. The van der Waals surface area contributed by atoms with Gasteiger partial charge in [-0.25, -0.2) is 12.8 Å². The molecule has 3 rings (SSSR count). The van der Waals surface area contributed by atoms with Crippen molar-refractivity contribution in [3.63, 3.8) is 0 Å². The predicted octanol–water partition coefficient (Wildman–Crippen LogP) is 2.21. The Bertz CT molecular complexity index is 863. The van der Waals surface area contributed by atoms with E-state index >= 15 is 0 Å². The van der Waals surface area contributed by atoms with Crippen molar-refractivity contribution >= 4 is 21.7 Å². The molecule has 1 heterocycles. The van der Waals surface area contributed by atoms with Crippen LogP contribution in [0.5, 0.6) is 0 Å². The van der Waals surface area contributed by atoms with Crippen LogP contribution in [0.4, 0.5) is 4.39 Å². The number of hydrogen-bond donors (Lipinski definition) is 0. The summed E-state index contributed by atoms with van der Waals surface area (Å²) in [6.45, 7) is 1.48. The Morgan fingerprint density at radius 1 is 1.25 bits per heavy atom. The van der Waals surface area contributed by atoms with Crippen LogP contribution >= 0.6 is 0 Å². The second-order valence-electron chi connectivity index (χ2n) is 7.82. The van der Waals surface area contributed by atoms with Crippen LogP contribution in [0.25, 0.3) is 0 Å². The molecule has 8 heteroatoms. The number of benzene rings is 1. The fraction of sp³-hybridized carbons (Fsp3) is 0.600. The summed E-state index contributed by atoms with van der Waals surface area (Å²) in [5, 5.41) is 0. The highest BCUT2D eigenvalue weighted by Gasteiger charge is 2.47. The zero-order valence-electron chi connectivity index (χ0n) is 16.2. The number of halogens is 1. The maximum Gasteiger partial charge on any atom is 0.317 e. The minimum absolute atomic E-state index is 0.0554. The van der Waals surface area contributed by atoms with Crippen LogP contribution in [0.3, 0.4) is 0 Å². The number of likely N-dealkylation sites (N-methyl/N-ethyl adjacent to an activating group) is 1. The second kappa shape index (κ2) is 7.81. The van der Waals surface area contributed by atoms with Crippen molar-refractivity contribution in [2.24, 2.45) is 0 Å². The number of esters is 1. The number of rotatable bonds is 5. The molecule has 28 heavy (non-hydrogen) atoms. The SMILES string of the molecule is C[C@@H](OC(=O)C1(c2ccccc2F)CCCC1)C(=O)N(C)[C@@H]1CCS(=O)(=O)C1. The van der Waals surface area contributed by atoms with Crippen LogP contribution in [0, 0.1) is 5.82 Å². The summed E-state index contributed by atoms with van der Waals surface area (Å²) in [5.41, 5.74) is -0.762. The molecule has 0 unspecified atom stereocenters. The standard InChI is InChI=1S/C20H26FNO5S/c1-14(18(23)22(2)15-9-12-28(25,26)13-15)27-19(24)20(10-5-6-11-20)16-7-3-4-8-17(16)21/h3-4,7-8,14-15H,5-6,9-13H2,1-2H3/t14-,15-/m1/s1. The van der Waals surface area contributed by atoms with Gasteiger partial charge in [0, 0.05) is 18.7 Å². The summed E-state index contributed by atoms with van der Waals surface area (Å²) in [5.74, 6) is -1.51. The number of nitrogens with zero attached hydrogens (tertiary/aromatic N) is 1. The first-order valence-corrected chi connectivity index (χ1v) is 11.4. The van der Waals surface area contributed by atoms with Crippen LogP contribution in [-0.2, 0) is 29.6 Å². The lowest BCUT2D eigenvalue weighted by Crippen LogP contribution is -2.46. The van der Waals surface area contributed by atoms with Gasteiger partial charge >= 0.3 is 5.97 Å². The molecule has 0 N–H and O–H groups in total. The average Bonchev–Trinajstić information content (AvgIpc) is 3.28. The van der Waals surface area contributed by atoms with Gasteiger partial charge in [0.15, 0.2) is 15.9 Å². The molecule has 154 valence electrons. The van der Waals surface area contributed by atoms with Crippen molar-refractivity contribution in [2.75, 3.05) is 18.6 Å². The Kier molecular flexibility index (Phi) is 5.79. The summed E-state index contributed by atoms with van der Waals surface area (Å²) in [6, 6.07) is 5.78. The molecule has 1 aromatic carbocycles. The lowest BCUT2D eigenvalue weighted by atomic mass is 9.78. The summed E-state index contributed by atoms with van der Waals surface area (Å²) >= 11 is 0. The van der Waals surface area contributed by atoms with Crippen molar-refractivity contribution in [1.82, 2.24) is 4.90 Å². The van der Waals surface area contributed by atoms with Gasteiger partial charge in [-0.3, -0.25) is 9.59 Å². The topological polar surface area (TPSA) is 80.8 Å². The number of carbonyl (C=O) groups is 2. The fourth-order valence-electron chi connectivity index (χ4n) is 4.28. The molecule has 2 atom stereocenters. The Hall–Kier alpha value is -1.96. The zero-order valence-corrected chi connectivity index (χ0v) is 17.0.